The van der Waals surface area contributed by atoms with Crippen molar-refractivity contribution in [2.75, 3.05) is 12.4 Å². The summed E-state index contributed by atoms with van der Waals surface area (Å²) in [7, 11) is 0. The number of aromatic nitrogens is 2. The molecule has 32 heavy (non-hydrogen) atoms. The molecule has 0 atom stereocenters. The summed E-state index contributed by atoms with van der Waals surface area (Å²) in [6.07, 6.45) is 0.800. The minimum absolute atomic E-state index is 0.0431. The van der Waals surface area contributed by atoms with Gasteiger partial charge in [-0.3, -0.25) is 14.2 Å². The van der Waals surface area contributed by atoms with Gasteiger partial charge in [0.05, 0.1) is 40.6 Å². The van der Waals surface area contributed by atoms with E-state index in [1.165, 1.54) is 16.3 Å². The SMILES string of the molecule is N#Cc1ccc(-n2c(SCC(=O)c3ccc4c(c3)CCO4)nc3ccccc3c2=O)cc1. The van der Waals surface area contributed by atoms with Gasteiger partial charge in [-0.15, -0.1) is 0 Å². The molecule has 156 valence electrons. The Morgan fingerprint density at radius 3 is 2.75 bits per heavy atom. The number of rotatable bonds is 5. The molecule has 4 aromatic rings. The van der Waals surface area contributed by atoms with Crippen molar-refractivity contribution in [1.29, 1.82) is 5.26 Å². The molecule has 1 aliphatic rings. The first-order valence-corrected chi connectivity index (χ1v) is 11.1. The van der Waals surface area contributed by atoms with Crippen LogP contribution in [-0.4, -0.2) is 27.7 Å². The standard InChI is InChI=1S/C25H17N3O3S/c26-14-16-5-8-19(9-6-16)28-24(30)20-3-1-2-4-21(20)27-25(28)32-15-22(29)17-7-10-23-18(13-17)11-12-31-23/h1-10,13H,11-12,15H2. The first-order chi connectivity index (χ1) is 15.6. The lowest BCUT2D eigenvalue weighted by Crippen LogP contribution is -2.22. The Morgan fingerprint density at radius 1 is 1.12 bits per heavy atom. The molecule has 7 heteroatoms. The molecule has 0 aliphatic carbocycles. The molecule has 3 aromatic carbocycles. The third-order valence-electron chi connectivity index (χ3n) is 5.34. The maximum atomic E-state index is 13.3. The van der Waals surface area contributed by atoms with Gasteiger partial charge in [0, 0.05) is 12.0 Å². The molecule has 0 saturated heterocycles. The predicted octanol–water partition coefficient (Wildman–Crippen LogP) is 4.17. The summed E-state index contributed by atoms with van der Waals surface area (Å²) < 4.78 is 7.01. The minimum Gasteiger partial charge on any atom is -0.493 e. The molecule has 0 spiro atoms. The van der Waals surface area contributed by atoms with E-state index in [0.29, 0.717) is 39.5 Å². The number of Topliss-reactive ketones (excluding diaryl/α,β-unsaturated/α-hetero) is 1. The Bertz CT molecular complexity index is 1450. The van der Waals surface area contributed by atoms with Gasteiger partial charge in [-0.25, -0.2) is 4.98 Å². The molecular weight excluding hydrogens is 422 g/mol. The normalized spacial score (nSPS) is 12.2. The zero-order valence-electron chi connectivity index (χ0n) is 16.9. The number of thioether (sulfide) groups is 1. The van der Waals surface area contributed by atoms with Crippen LogP contribution in [0.4, 0.5) is 0 Å². The number of nitriles is 1. The average molecular weight is 439 g/mol. The Balaban J connectivity index is 1.51. The number of para-hydroxylation sites is 1. The highest BCUT2D eigenvalue weighted by atomic mass is 32.2. The Hall–Kier alpha value is -3.89. The lowest BCUT2D eigenvalue weighted by Gasteiger charge is -2.13. The second-order valence-electron chi connectivity index (χ2n) is 7.34. The third kappa shape index (κ3) is 3.66. The van der Waals surface area contributed by atoms with Crippen molar-refractivity contribution in [3.8, 4) is 17.5 Å². The summed E-state index contributed by atoms with van der Waals surface area (Å²) in [4.78, 5) is 30.8. The van der Waals surface area contributed by atoms with E-state index in [2.05, 4.69) is 11.1 Å². The maximum Gasteiger partial charge on any atom is 0.266 e. The highest BCUT2D eigenvalue weighted by Crippen LogP contribution is 2.27. The van der Waals surface area contributed by atoms with E-state index >= 15 is 0 Å². The predicted molar refractivity (Wildman–Crippen MR) is 123 cm³/mol. The van der Waals surface area contributed by atoms with E-state index in [1.54, 1.807) is 48.5 Å². The van der Waals surface area contributed by atoms with Gasteiger partial charge >= 0.3 is 0 Å². The van der Waals surface area contributed by atoms with Gasteiger partial charge in [0.2, 0.25) is 0 Å². The van der Waals surface area contributed by atoms with Crippen molar-refractivity contribution >= 4 is 28.4 Å². The number of benzene rings is 3. The summed E-state index contributed by atoms with van der Waals surface area (Å²) >= 11 is 1.22. The Kier molecular flexibility index (Phi) is 5.21. The van der Waals surface area contributed by atoms with Crippen molar-refractivity contribution in [2.24, 2.45) is 0 Å². The molecule has 0 unspecified atom stereocenters. The van der Waals surface area contributed by atoms with Crippen LogP contribution in [0.15, 0.2) is 76.7 Å². The summed E-state index contributed by atoms with van der Waals surface area (Å²) in [6.45, 7) is 0.638. The summed E-state index contributed by atoms with van der Waals surface area (Å²) in [5.41, 5.74) is 3.11. The zero-order valence-corrected chi connectivity index (χ0v) is 17.8. The van der Waals surface area contributed by atoms with Crippen LogP contribution in [0.1, 0.15) is 21.5 Å². The fourth-order valence-electron chi connectivity index (χ4n) is 3.70. The van der Waals surface area contributed by atoms with Crippen molar-refractivity contribution < 1.29 is 9.53 Å². The van der Waals surface area contributed by atoms with Crippen LogP contribution in [0.5, 0.6) is 5.75 Å². The fourth-order valence-corrected chi connectivity index (χ4v) is 4.60. The van der Waals surface area contributed by atoms with Gasteiger partial charge in [-0.2, -0.15) is 5.26 Å². The number of hydrogen-bond acceptors (Lipinski definition) is 6. The van der Waals surface area contributed by atoms with Crippen LogP contribution in [0.25, 0.3) is 16.6 Å². The zero-order chi connectivity index (χ0) is 22.1. The Morgan fingerprint density at radius 2 is 1.94 bits per heavy atom. The number of ether oxygens (including phenoxy) is 1. The van der Waals surface area contributed by atoms with Crippen molar-refractivity contribution in [3.05, 3.63) is 93.8 Å². The molecule has 0 saturated carbocycles. The van der Waals surface area contributed by atoms with Gasteiger partial charge in [-0.05, 0) is 60.2 Å². The average Bonchev–Trinajstić information content (AvgIpc) is 3.31. The van der Waals surface area contributed by atoms with E-state index in [9.17, 15) is 9.59 Å². The van der Waals surface area contributed by atoms with Crippen LogP contribution in [0.3, 0.4) is 0 Å². The summed E-state index contributed by atoms with van der Waals surface area (Å²) in [5, 5.41) is 10.0. The van der Waals surface area contributed by atoms with Crippen molar-refractivity contribution in [1.82, 2.24) is 9.55 Å². The Labute approximate surface area is 188 Å². The highest BCUT2D eigenvalue weighted by Gasteiger charge is 2.18. The molecule has 0 amide bonds. The van der Waals surface area contributed by atoms with Gasteiger partial charge in [0.25, 0.3) is 5.56 Å². The molecule has 6 nitrogen and oxygen atoms in total. The first kappa shape index (κ1) is 20.0. The molecule has 0 bridgehead atoms. The van der Waals surface area contributed by atoms with Crippen molar-refractivity contribution in [2.45, 2.75) is 11.6 Å². The minimum atomic E-state index is -0.218. The van der Waals surface area contributed by atoms with E-state index in [-0.39, 0.29) is 17.1 Å². The third-order valence-corrected chi connectivity index (χ3v) is 6.28. The van der Waals surface area contributed by atoms with Crippen LogP contribution in [0, 0.1) is 11.3 Å². The number of carbonyl (C=O) groups excluding carboxylic acids is 1. The topological polar surface area (TPSA) is 85.0 Å². The second-order valence-corrected chi connectivity index (χ2v) is 8.29. The van der Waals surface area contributed by atoms with Gasteiger partial charge in [0.15, 0.2) is 10.9 Å². The van der Waals surface area contributed by atoms with Crippen LogP contribution >= 0.6 is 11.8 Å². The smallest absolute Gasteiger partial charge is 0.266 e. The monoisotopic (exact) mass is 439 g/mol. The van der Waals surface area contributed by atoms with Crippen LogP contribution < -0.4 is 10.3 Å². The lowest BCUT2D eigenvalue weighted by atomic mass is 10.1. The van der Waals surface area contributed by atoms with Crippen LogP contribution in [-0.2, 0) is 6.42 Å². The maximum absolute atomic E-state index is 13.3. The lowest BCUT2D eigenvalue weighted by molar-refractivity contribution is 0.102. The molecule has 0 radical (unpaired) electrons. The molecule has 0 N–H and O–H groups in total. The molecule has 5 rings (SSSR count). The largest absolute Gasteiger partial charge is 0.493 e. The summed E-state index contributed by atoms with van der Waals surface area (Å²) in [5.74, 6) is 0.930. The molecule has 2 heterocycles. The molecular formula is C25H17N3O3S. The molecule has 1 aromatic heterocycles. The molecule has 0 fully saturated rings. The quantitative estimate of drug-likeness (QED) is 0.264. The number of fused-ring (bicyclic) bond motifs is 2. The summed E-state index contributed by atoms with van der Waals surface area (Å²) in [6, 6.07) is 21.4. The number of nitrogens with zero attached hydrogens (tertiary/aromatic N) is 3. The van der Waals surface area contributed by atoms with Crippen molar-refractivity contribution in [3.63, 3.8) is 0 Å². The van der Waals surface area contributed by atoms with E-state index in [1.807, 2.05) is 18.2 Å². The van der Waals surface area contributed by atoms with Gasteiger partial charge in [0.1, 0.15) is 5.75 Å². The highest BCUT2D eigenvalue weighted by molar-refractivity contribution is 7.99. The first-order valence-electron chi connectivity index (χ1n) is 10.1. The van der Waals surface area contributed by atoms with Gasteiger partial charge in [-0.1, -0.05) is 23.9 Å². The van der Waals surface area contributed by atoms with Crippen LogP contribution in [0.2, 0.25) is 0 Å². The number of carbonyl (C=O) groups is 1. The number of ketones is 1. The second kappa shape index (κ2) is 8.33. The van der Waals surface area contributed by atoms with E-state index < -0.39 is 0 Å². The van der Waals surface area contributed by atoms with E-state index in [4.69, 9.17) is 10.00 Å². The molecule has 1 aliphatic heterocycles. The fraction of sp³-hybridized carbons (Fsp3) is 0.120. The number of hydrogen-bond donors (Lipinski definition) is 0. The van der Waals surface area contributed by atoms with Gasteiger partial charge < -0.3 is 4.74 Å². The van der Waals surface area contributed by atoms with E-state index in [0.717, 1.165) is 17.7 Å².